The number of amides is 2. The van der Waals surface area contributed by atoms with Crippen molar-refractivity contribution in [2.24, 2.45) is 5.73 Å². The van der Waals surface area contributed by atoms with Crippen LogP contribution in [0.25, 0.3) is 0 Å². The van der Waals surface area contributed by atoms with Crippen LogP contribution in [0.3, 0.4) is 0 Å². The van der Waals surface area contributed by atoms with Gasteiger partial charge in [-0.05, 0) is 18.6 Å². The Balaban J connectivity index is 2.79. The first kappa shape index (κ1) is 14.6. The van der Waals surface area contributed by atoms with Gasteiger partial charge in [-0.15, -0.1) is 0 Å². The molecular formula is C12H15N3O4. The lowest BCUT2D eigenvalue weighted by atomic mass is 10.1. The molecule has 0 aromatic carbocycles. The molecule has 0 aliphatic heterocycles. The van der Waals surface area contributed by atoms with Crippen molar-refractivity contribution in [1.29, 1.82) is 0 Å². The Morgan fingerprint density at radius 1 is 1.37 bits per heavy atom. The highest BCUT2D eigenvalue weighted by atomic mass is 16.4. The first-order valence-corrected chi connectivity index (χ1v) is 5.58. The fraction of sp³-hybridized carbons (Fsp3) is 0.333. The predicted molar refractivity (Wildman–Crippen MR) is 66.1 cm³/mol. The summed E-state index contributed by atoms with van der Waals surface area (Å²) in [7, 11) is 0. The summed E-state index contributed by atoms with van der Waals surface area (Å²) < 4.78 is 0. The van der Waals surface area contributed by atoms with Crippen LogP contribution in [-0.4, -0.2) is 45.9 Å². The zero-order valence-corrected chi connectivity index (χ0v) is 10.5. The summed E-state index contributed by atoms with van der Waals surface area (Å²) in [5.41, 5.74) is 6.36. The van der Waals surface area contributed by atoms with E-state index in [1.54, 1.807) is 25.3 Å². The number of carboxylic acids is 1. The first-order valence-electron chi connectivity index (χ1n) is 5.58. The van der Waals surface area contributed by atoms with Crippen molar-refractivity contribution in [3.63, 3.8) is 0 Å². The molecule has 1 heterocycles. The summed E-state index contributed by atoms with van der Waals surface area (Å²) in [6.45, 7) is 0.815. The molecular weight excluding hydrogens is 250 g/mol. The fourth-order valence-electron chi connectivity index (χ4n) is 1.54. The molecule has 0 saturated heterocycles. The summed E-state index contributed by atoms with van der Waals surface area (Å²) in [6.07, 6.45) is 1.48. The van der Waals surface area contributed by atoms with Crippen molar-refractivity contribution in [2.45, 2.75) is 13.3 Å². The monoisotopic (exact) mass is 265 g/mol. The quantitative estimate of drug-likeness (QED) is 0.708. The van der Waals surface area contributed by atoms with E-state index in [0.717, 1.165) is 10.5 Å². The van der Waals surface area contributed by atoms with E-state index >= 15 is 0 Å². The Morgan fingerprint density at radius 2 is 2.05 bits per heavy atom. The van der Waals surface area contributed by atoms with Crippen LogP contribution in [0.15, 0.2) is 18.3 Å². The SMILES string of the molecule is Cc1cccnc1CC(=O)N(CC(N)=O)CC(=O)O. The third-order valence-electron chi connectivity index (χ3n) is 2.46. The Labute approximate surface area is 110 Å². The van der Waals surface area contributed by atoms with Gasteiger partial charge in [0.05, 0.1) is 18.7 Å². The van der Waals surface area contributed by atoms with Gasteiger partial charge in [-0.3, -0.25) is 19.4 Å². The van der Waals surface area contributed by atoms with Gasteiger partial charge in [0, 0.05) is 6.20 Å². The average molecular weight is 265 g/mol. The normalized spacial score (nSPS) is 9.95. The lowest BCUT2D eigenvalue weighted by Crippen LogP contribution is -2.42. The van der Waals surface area contributed by atoms with Gasteiger partial charge in [0.15, 0.2) is 0 Å². The number of aromatic nitrogens is 1. The topological polar surface area (TPSA) is 114 Å². The molecule has 0 fully saturated rings. The van der Waals surface area contributed by atoms with Gasteiger partial charge in [-0.2, -0.15) is 0 Å². The van der Waals surface area contributed by atoms with E-state index in [0.29, 0.717) is 5.69 Å². The van der Waals surface area contributed by atoms with E-state index in [2.05, 4.69) is 4.98 Å². The van der Waals surface area contributed by atoms with Crippen molar-refractivity contribution in [3.05, 3.63) is 29.6 Å². The van der Waals surface area contributed by atoms with Crippen LogP contribution in [0, 0.1) is 6.92 Å². The number of pyridine rings is 1. The standard InChI is InChI=1S/C12H15N3O4/c1-8-3-2-4-14-9(8)5-11(17)15(6-10(13)16)7-12(18)19/h2-4H,5-7H2,1H3,(H2,13,16)(H,18,19). The molecule has 0 bridgehead atoms. The van der Waals surface area contributed by atoms with Crippen LogP contribution >= 0.6 is 0 Å². The molecule has 2 amide bonds. The van der Waals surface area contributed by atoms with Crippen LogP contribution in [-0.2, 0) is 20.8 Å². The maximum atomic E-state index is 12.0. The van der Waals surface area contributed by atoms with E-state index in [-0.39, 0.29) is 6.42 Å². The van der Waals surface area contributed by atoms with Gasteiger partial charge < -0.3 is 15.7 Å². The molecule has 0 radical (unpaired) electrons. The zero-order valence-electron chi connectivity index (χ0n) is 10.5. The van der Waals surface area contributed by atoms with Crippen LogP contribution in [0.5, 0.6) is 0 Å². The maximum Gasteiger partial charge on any atom is 0.323 e. The third-order valence-corrected chi connectivity index (χ3v) is 2.46. The van der Waals surface area contributed by atoms with E-state index in [9.17, 15) is 14.4 Å². The Hall–Kier alpha value is -2.44. The predicted octanol–water partition coefficient (Wildman–Crippen LogP) is -0.669. The second kappa shape index (κ2) is 6.48. The molecule has 0 spiro atoms. The third kappa shape index (κ3) is 4.74. The van der Waals surface area contributed by atoms with Crippen molar-refractivity contribution in [1.82, 2.24) is 9.88 Å². The molecule has 3 N–H and O–H groups in total. The number of nitrogens with two attached hydrogens (primary N) is 1. The second-order valence-corrected chi connectivity index (χ2v) is 4.05. The Bertz CT molecular complexity index is 486. The van der Waals surface area contributed by atoms with Crippen LogP contribution in [0.2, 0.25) is 0 Å². The van der Waals surface area contributed by atoms with Gasteiger partial charge in [-0.1, -0.05) is 6.07 Å². The number of rotatable bonds is 6. The lowest BCUT2D eigenvalue weighted by molar-refractivity contribution is -0.145. The van der Waals surface area contributed by atoms with Crippen LogP contribution in [0.1, 0.15) is 11.3 Å². The van der Waals surface area contributed by atoms with Crippen molar-refractivity contribution >= 4 is 17.8 Å². The first-order chi connectivity index (χ1) is 8.90. The zero-order chi connectivity index (χ0) is 14.4. The molecule has 1 rings (SSSR count). The van der Waals surface area contributed by atoms with Gasteiger partial charge in [-0.25, -0.2) is 0 Å². The minimum atomic E-state index is -1.20. The molecule has 7 heteroatoms. The molecule has 1 aromatic heterocycles. The number of carboxylic acid groups (broad SMARTS) is 1. The van der Waals surface area contributed by atoms with E-state index < -0.39 is 30.9 Å². The minimum Gasteiger partial charge on any atom is -0.480 e. The summed E-state index contributed by atoms with van der Waals surface area (Å²) in [6, 6.07) is 3.53. The number of aryl methyl sites for hydroxylation is 1. The molecule has 0 aliphatic rings. The lowest BCUT2D eigenvalue weighted by Gasteiger charge is -2.19. The highest BCUT2D eigenvalue weighted by Crippen LogP contribution is 2.06. The number of hydrogen-bond acceptors (Lipinski definition) is 4. The van der Waals surface area contributed by atoms with Crippen molar-refractivity contribution < 1.29 is 19.5 Å². The Kier molecular flexibility index (Phi) is 4.99. The van der Waals surface area contributed by atoms with Crippen LogP contribution in [0.4, 0.5) is 0 Å². The van der Waals surface area contributed by atoms with E-state index in [1.807, 2.05) is 0 Å². The molecule has 7 nitrogen and oxygen atoms in total. The van der Waals surface area contributed by atoms with Crippen molar-refractivity contribution in [3.8, 4) is 0 Å². The molecule has 0 aliphatic carbocycles. The average Bonchev–Trinajstić information content (AvgIpc) is 2.30. The molecule has 0 atom stereocenters. The maximum absolute atomic E-state index is 12.0. The summed E-state index contributed by atoms with van der Waals surface area (Å²) in [5.74, 6) is -2.46. The molecule has 102 valence electrons. The summed E-state index contributed by atoms with van der Waals surface area (Å²) >= 11 is 0. The Morgan fingerprint density at radius 3 is 2.58 bits per heavy atom. The van der Waals surface area contributed by atoms with E-state index in [1.165, 1.54) is 0 Å². The van der Waals surface area contributed by atoms with Crippen molar-refractivity contribution in [2.75, 3.05) is 13.1 Å². The van der Waals surface area contributed by atoms with Gasteiger partial charge in [0.2, 0.25) is 11.8 Å². The smallest absolute Gasteiger partial charge is 0.323 e. The number of primary amides is 1. The highest BCUT2D eigenvalue weighted by molar-refractivity contribution is 5.87. The second-order valence-electron chi connectivity index (χ2n) is 4.05. The summed E-state index contributed by atoms with van der Waals surface area (Å²) in [4.78, 5) is 38.4. The number of nitrogens with zero attached hydrogens (tertiary/aromatic N) is 2. The number of hydrogen-bond donors (Lipinski definition) is 2. The minimum absolute atomic E-state index is 0.0623. The molecule has 1 aromatic rings. The number of aliphatic carboxylic acids is 1. The van der Waals surface area contributed by atoms with Gasteiger partial charge >= 0.3 is 5.97 Å². The summed E-state index contributed by atoms with van der Waals surface area (Å²) in [5, 5.41) is 8.70. The molecule has 0 saturated carbocycles. The van der Waals surface area contributed by atoms with Gasteiger partial charge in [0.1, 0.15) is 6.54 Å². The largest absolute Gasteiger partial charge is 0.480 e. The molecule has 19 heavy (non-hydrogen) atoms. The highest BCUT2D eigenvalue weighted by Gasteiger charge is 2.19. The van der Waals surface area contributed by atoms with E-state index in [4.69, 9.17) is 10.8 Å². The fourth-order valence-corrected chi connectivity index (χ4v) is 1.54. The van der Waals surface area contributed by atoms with Gasteiger partial charge in [0.25, 0.3) is 0 Å². The number of carbonyl (C=O) groups excluding carboxylic acids is 2. The molecule has 0 unspecified atom stereocenters. The number of carbonyl (C=O) groups is 3. The van der Waals surface area contributed by atoms with Crippen LogP contribution < -0.4 is 5.73 Å².